The van der Waals surface area contributed by atoms with Crippen molar-refractivity contribution in [3.8, 4) is 5.75 Å². The lowest BCUT2D eigenvalue weighted by molar-refractivity contribution is 0.150. The highest BCUT2D eigenvalue weighted by Gasteiger charge is 2.20. The molecule has 1 aromatic rings. The van der Waals surface area contributed by atoms with Crippen molar-refractivity contribution >= 4 is 0 Å². The van der Waals surface area contributed by atoms with E-state index in [-0.39, 0.29) is 0 Å². The number of nitrogens with one attached hydrogen (secondary N) is 1. The highest BCUT2D eigenvalue weighted by atomic mass is 16.5. The summed E-state index contributed by atoms with van der Waals surface area (Å²) in [5.41, 5.74) is 2.66. The topological polar surface area (TPSA) is 24.5 Å². The fourth-order valence-electron chi connectivity index (χ4n) is 3.07. The molecule has 0 bridgehead atoms. The lowest BCUT2D eigenvalue weighted by Crippen LogP contribution is -2.36. The first-order chi connectivity index (χ1) is 10.2. The van der Waals surface area contributed by atoms with Crippen LogP contribution in [0.25, 0.3) is 0 Å². The van der Waals surface area contributed by atoms with E-state index in [1.165, 1.54) is 36.9 Å². The van der Waals surface area contributed by atoms with Gasteiger partial charge < -0.3 is 10.1 Å². The molecule has 3 nitrogen and oxygen atoms in total. The number of hydrogen-bond donors (Lipinski definition) is 1. The molecule has 1 aliphatic heterocycles. The summed E-state index contributed by atoms with van der Waals surface area (Å²) in [6, 6.07) is 7.68. The van der Waals surface area contributed by atoms with Gasteiger partial charge in [-0.2, -0.15) is 0 Å². The molecule has 2 atom stereocenters. The van der Waals surface area contributed by atoms with Gasteiger partial charge in [0.15, 0.2) is 0 Å². The van der Waals surface area contributed by atoms with Crippen LogP contribution in [0.3, 0.4) is 0 Å². The van der Waals surface area contributed by atoms with Crippen LogP contribution in [0.4, 0.5) is 0 Å². The highest BCUT2D eigenvalue weighted by Crippen LogP contribution is 2.27. The van der Waals surface area contributed by atoms with Gasteiger partial charge in [0, 0.05) is 24.2 Å². The molecular formula is C18H30N2O. The number of nitrogens with zero attached hydrogens (tertiary/aromatic N) is 1. The molecule has 1 aromatic carbocycles. The van der Waals surface area contributed by atoms with Gasteiger partial charge in [-0.25, -0.2) is 0 Å². The smallest absolute Gasteiger partial charge is 0.123 e. The fraction of sp³-hybridized carbons (Fsp3) is 0.667. The van der Waals surface area contributed by atoms with Crippen LogP contribution in [0, 0.1) is 0 Å². The molecule has 0 amide bonds. The Kier molecular flexibility index (Phi) is 6.07. The number of rotatable bonds is 6. The third-order valence-corrected chi connectivity index (χ3v) is 4.63. The van der Waals surface area contributed by atoms with Gasteiger partial charge in [0.1, 0.15) is 5.75 Å². The third-order valence-electron chi connectivity index (χ3n) is 4.63. The maximum Gasteiger partial charge on any atom is 0.123 e. The number of hydrogen-bond acceptors (Lipinski definition) is 3. The van der Waals surface area contributed by atoms with Gasteiger partial charge in [-0.15, -0.1) is 0 Å². The minimum absolute atomic E-state index is 0.373. The zero-order chi connectivity index (χ0) is 15.2. The summed E-state index contributed by atoms with van der Waals surface area (Å²) in [5.74, 6) is 1.04. The SMILES string of the molecule is CCOc1ccc(C(C)NC)cc1CN1CCCCC1C. The molecule has 1 heterocycles. The van der Waals surface area contributed by atoms with Gasteiger partial charge in [0.05, 0.1) is 6.61 Å². The number of ether oxygens (including phenoxy) is 1. The lowest BCUT2D eigenvalue weighted by atomic mass is 10.0. The molecule has 0 aromatic heterocycles. The lowest BCUT2D eigenvalue weighted by Gasteiger charge is -2.34. The summed E-state index contributed by atoms with van der Waals surface area (Å²) < 4.78 is 5.84. The molecule has 1 saturated heterocycles. The van der Waals surface area contributed by atoms with E-state index in [0.29, 0.717) is 12.1 Å². The summed E-state index contributed by atoms with van der Waals surface area (Å²) >= 11 is 0. The van der Waals surface area contributed by atoms with Crippen molar-refractivity contribution < 1.29 is 4.74 Å². The first-order valence-corrected chi connectivity index (χ1v) is 8.32. The Balaban J connectivity index is 2.20. The minimum atomic E-state index is 0.373. The Bertz CT molecular complexity index is 447. The van der Waals surface area contributed by atoms with Crippen molar-refractivity contribution in [1.82, 2.24) is 10.2 Å². The maximum absolute atomic E-state index is 5.84. The van der Waals surface area contributed by atoms with Crippen LogP contribution >= 0.6 is 0 Å². The first kappa shape index (κ1) is 16.3. The second kappa shape index (κ2) is 7.81. The molecule has 118 valence electrons. The highest BCUT2D eigenvalue weighted by molar-refractivity contribution is 5.38. The van der Waals surface area contributed by atoms with Gasteiger partial charge in [-0.05, 0) is 64.9 Å². The molecule has 0 radical (unpaired) electrons. The zero-order valence-corrected chi connectivity index (χ0v) is 14.0. The Hall–Kier alpha value is -1.06. The molecule has 3 heteroatoms. The van der Waals surface area contributed by atoms with E-state index in [1.54, 1.807) is 0 Å². The van der Waals surface area contributed by atoms with Crippen LogP contribution in [-0.4, -0.2) is 31.1 Å². The molecule has 21 heavy (non-hydrogen) atoms. The molecular weight excluding hydrogens is 260 g/mol. The average molecular weight is 290 g/mol. The standard InChI is InChI=1S/C18H30N2O/c1-5-21-18-10-9-16(15(3)19-4)12-17(18)13-20-11-7-6-8-14(20)2/h9-10,12,14-15,19H,5-8,11,13H2,1-4H3. The number of likely N-dealkylation sites (tertiary alicyclic amines) is 1. The van der Waals surface area contributed by atoms with Crippen molar-refractivity contribution in [1.29, 1.82) is 0 Å². The Morgan fingerprint density at radius 3 is 2.86 bits per heavy atom. The maximum atomic E-state index is 5.84. The van der Waals surface area contributed by atoms with E-state index in [2.05, 4.69) is 49.2 Å². The predicted octanol–water partition coefficient (Wildman–Crippen LogP) is 3.74. The van der Waals surface area contributed by atoms with Crippen molar-refractivity contribution in [2.75, 3.05) is 20.2 Å². The summed E-state index contributed by atoms with van der Waals surface area (Å²) in [7, 11) is 2.01. The molecule has 0 aliphatic carbocycles. The van der Waals surface area contributed by atoms with E-state index in [9.17, 15) is 0 Å². The van der Waals surface area contributed by atoms with Crippen molar-refractivity contribution in [3.05, 3.63) is 29.3 Å². The molecule has 1 fully saturated rings. The predicted molar refractivity (Wildman–Crippen MR) is 88.8 cm³/mol. The van der Waals surface area contributed by atoms with Crippen molar-refractivity contribution in [2.45, 2.75) is 58.7 Å². The van der Waals surface area contributed by atoms with Crippen molar-refractivity contribution in [2.24, 2.45) is 0 Å². The van der Waals surface area contributed by atoms with Crippen LogP contribution in [0.5, 0.6) is 5.75 Å². The Morgan fingerprint density at radius 2 is 2.19 bits per heavy atom. The first-order valence-electron chi connectivity index (χ1n) is 8.32. The van der Waals surface area contributed by atoms with Gasteiger partial charge in [-0.1, -0.05) is 12.5 Å². The summed E-state index contributed by atoms with van der Waals surface area (Å²) in [6.07, 6.45) is 4.00. The Labute approximate surface area is 129 Å². The molecule has 2 rings (SSSR count). The number of benzene rings is 1. The second-order valence-corrected chi connectivity index (χ2v) is 6.13. The van der Waals surface area contributed by atoms with Crippen LogP contribution in [0.15, 0.2) is 18.2 Å². The van der Waals surface area contributed by atoms with Crippen LogP contribution in [-0.2, 0) is 6.54 Å². The molecule has 1 aliphatic rings. The normalized spacial score (nSPS) is 21.2. The van der Waals surface area contributed by atoms with E-state index in [4.69, 9.17) is 4.74 Å². The fourth-order valence-corrected chi connectivity index (χ4v) is 3.07. The summed E-state index contributed by atoms with van der Waals surface area (Å²) in [4.78, 5) is 2.59. The van der Waals surface area contributed by atoms with Crippen LogP contribution in [0.1, 0.15) is 57.2 Å². The van der Waals surface area contributed by atoms with E-state index in [1.807, 2.05) is 7.05 Å². The van der Waals surface area contributed by atoms with Gasteiger partial charge >= 0.3 is 0 Å². The van der Waals surface area contributed by atoms with Gasteiger partial charge in [-0.3, -0.25) is 4.90 Å². The second-order valence-electron chi connectivity index (χ2n) is 6.13. The van der Waals surface area contributed by atoms with E-state index >= 15 is 0 Å². The molecule has 0 saturated carbocycles. The van der Waals surface area contributed by atoms with Gasteiger partial charge in [0.2, 0.25) is 0 Å². The Morgan fingerprint density at radius 1 is 1.38 bits per heavy atom. The summed E-state index contributed by atoms with van der Waals surface area (Å²) in [5, 5.41) is 3.32. The quantitative estimate of drug-likeness (QED) is 0.864. The monoisotopic (exact) mass is 290 g/mol. The molecule has 2 unspecified atom stereocenters. The van der Waals surface area contributed by atoms with Crippen molar-refractivity contribution in [3.63, 3.8) is 0 Å². The number of piperidine rings is 1. The van der Waals surface area contributed by atoms with Crippen LogP contribution in [0.2, 0.25) is 0 Å². The van der Waals surface area contributed by atoms with E-state index in [0.717, 1.165) is 18.9 Å². The average Bonchev–Trinajstić information content (AvgIpc) is 2.50. The van der Waals surface area contributed by atoms with Crippen LogP contribution < -0.4 is 10.1 Å². The van der Waals surface area contributed by atoms with Gasteiger partial charge in [0.25, 0.3) is 0 Å². The van der Waals surface area contributed by atoms with E-state index < -0.39 is 0 Å². The third kappa shape index (κ3) is 4.21. The minimum Gasteiger partial charge on any atom is -0.494 e. The molecule has 1 N–H and O–H groups in total. The molecule has 0 spiro atoms. The summed E-state index contributed by atoms with van der Waals surface area (Å²) in [6.45, 7) is 9.53. The largest absolute Gasteiger partial charge is 0.494 e. The zero-order valence-electron chi connectivity index (χ0n) is 14.0.